The SMILES string of the molecule is CCCCC/C=C\C=C/CCCCCCCCC(=O)OCC(COC(=O)CCCCCCCCCCCCC)OC(=O)CCCCCCCCCCCCCCCCC. The normalized spacial score (nSPS) is 12.1. The second-order valence-corrected chi connectivity index (χ2v) is 17.5. The predicted octanol–water partition coefficient (Wildman–Crippen LogP) is 16.8. The lowest BCUT2D eigenvalue weighted by atomic mass is 10.0. The Bertz CT molecular complexity index is 958. The Hall–Kier alpha value is -2.11. The molecule has 0 aliphatic rings. The minimum Gasteiger partial charge on any atom is -0.462 e. The van der Waals surface area contributed by atoms with Crippen molar-refractivity contribution < 1.29 is 28.6 Å². The number of hydrogen-bond donors (Lipinski definition) is 0. The fraction of sp³-hybridized carbons (Fsp3) is 0.868. The van der Waals surface area contributed by atoms with Crippen LogP contribution in [0.15, 0.2) is 24.3 Å². The Labute approximate surface area is 366 Å². The highest BCUT2D eigenvalue weighted by Gasteiger charge is 2.19. The Morgan fingerprint density at radius 3 is 0.932 bits per heavy atom. The van der Waals surface area contributed by atoms with E-state index in [1.807, 2.05) is 0 Å². The summed E-state index contributed by atoms with van der Waals surface area (Å²) in [6, 6.07) is 0. The molecule has 0 aromatic heterocycles. The molecule has 1 atom stereocenters. The van der Waals surface area contributed by atoms with Crippen LogP contribution in [0, 0.1) is 0 Å². The van der Waals surface area contributed by atoms with Gasteiger partial charge in [-0.1, -0.05) is 238 Å². The molecule has 0 rings (SSSR count). The summed E-state index contributed by atoms with van der Waals surface area (Å²) < 4.78 is 16.8. The van der Waals surface area contributed by atoms with Crippen LogP contribution in [0.3, 0.4) is 0 Å². The van der Waals surface area contributed by atoms with Crippen molar-refractivity contribution in [2.75, 3.05) is 13.2 Å². The maximum absolute atomic E-state index is 12.8. The standard InChI is InChI=1S/C53H98O6/c1-4-7-10-13-16-19-22-24-26-28-31-34-37-40-43-46-52(55)58-49-50(48-57-51(54)45-42-39-36-33-30-21-18-15-12-9-6-3)59-53(56)47-44-41-38-35-32-29-27-25-23-20-17-14-11-8-5-2/h16,19,22,24,50H,4-15,17-18,20-21,23,25-49H2,1-3H3/b19-16-,24-22-. The van der Waals surface area contributed by atoms with E-state index in [2.05, 4.69) is 45.1 Å². The van der Waals surface area contributed by atoms with Gasteiger partial charge in [-0.3, -0.25) is 14.4 Å². The van der Waals surface area contributed by atoms with Crippen molar-refractivity contribution in [1.82, 2.24) is 0 Å². The molecule has 0 radical (unpaired) electrons. The quantitative estimate of drug-likeness (QED) is 0.0263. The molecule has 0 aliphatic carbocycles. The first-order valence-corrected chi connectivity index (χ1v) is 25.9. The second-order valence-electron chi connectivity index (χ2n) is 17.5. The van der Waals surface area contributed by atoms with Gasteiger partial charge in [0.1, 0.15) is 13.2 Å². The van der Waals surface area contributed by atoms with Crippen molar-refractivity contribution in [3.05, 3.63) is 24.3 Å². The largest absolute Gasteiger partial charge is 0.462 e. The highest BCUT2D eigenvalue weighted by molar-refractivity contribution is 5.71. The summed E-state index contributed by atoms with van der Waals surface area (Å²) in [6.07, 6.45) is 54.4. The molecule has 346 valence electrons. The van der Waals surface area contributed by atoms with E-state index < -0.39 is 6.10 Å². The zero-order valence-corrected chi connectivity index (χ0v) is 39.5. The fourth-order valence-corrected chi connectivity index (χ4v) is 7.55. The number of esters is 3. The van der Waals surface area contributed by atoms with Gasteiger partial charge in [-0.15, -0.1) is 0 Å². The third-order valence-electron chi connectivity index (χ3n) is 11.5. The molecule has 6 nitrogen and oxygen atoms in total. The summed E-state index contributed by atoms with van der Waals surface area (Å²) in [5, 5.41) is 0. The molecule has 1 unspecified atom stereocenters. The lowest BCUT2D eigenvalue weighted by molar-refractivity contribution is -0.167. The van der Waals surface area contributed by atoms with E-state index in [1.54, 1.807) is 0 Å². The van der Waals surface area contributed by atoms with Gasteiger partial charge in [-0.2, -0.15) is 0 Å². The summed E-state index contributed by atoms with van der Waals surface area (Å²) in [7, 11) is 0. The van der Waals surface area contributed by atoms with Crippen LogP contribution in [-0.4, -0.2) is 37.2 Å². The zero-order valence-electron chi connectivity index (χ0n) is 39.5. The van der Waals surface area contributed by atoms with Gasteiger partial charge in [0.05, 0.1) is 0 Å². The van der Waals surface area contributed by atoms with Crippen LogP contribution in [-0.2, 0) is 28.6 Å². The molecule has 0 heterocycles. The second kappa shape index (κ2) is 48.6. The molecule has 59 heavy (non-hydrogen) atoms. The zero-order chi connectivity index (χ0) is 43.0. The lowest BCUT2D eigenvalue weighted by Crippen LogP contribution is -2.30. The maximum atomic E-state index is 12.8. The van der Waals surface area contributed by atoms with Gasteiger partial charge in [-0.05, 0) is 44.9 Å². The summed E-state index contributed by atoms with van der Waals surface area (Å²) in [6.45, 7) is 6.62. The highest BCUT2D eigenvalue weighted by Crippen LogP contribution is 2.16. The van der Waals surface area contributed by atoms with Crippen molar-refractivity contribution in [2.45, 2.75) is 284 Å². The van der Waals surface area contributed by atoms with E-state index in [9.17, 15) is 14.4 Å². The monoisotopic (exact) mass is 831 g/mol. The Morgan fingerprint density at radius 1 is 0.339 bits per heavy atom. The number of hydrogen-bond acceptors (Lipinski definition) is 6. The van der Waals surface area contributed by atoms with E-state index in [1.165, 1.54) is 173 Å². The van der Waals surface area contributed by atoms with Crippen molar-refractivity contribution in [1.29, 1.82) is 0 Å². The summed E-state index contributed by atoms with van der Waals surface area (Å²) in [4.78, 5) is 37.9. The van der Waals surface area contributed by atoms with Gasteiger partial charge >= 0.3 is 17.9 Å². The molecular formula is C53H98O6. The topological polar surface area (TPSA) is 78.9 Å². The van der Waals surface area contributed by atoms with Crippen molar-refractivity contribution in [3.8, 4) is 0 Å². The van der Waals surface area contributed by atoms with Crippen LogP contribution >= 0.6 is 0 Å². The van der Waals surface area contributed by atoms with E-state index in [0.717, 1.165) is 64.2 Å². The Kier molecular flexibility index (Phi) is 46.8. The van der Waals surface area contributed by atoms with E-state index in [0.29, 0.717) is 19.3 Å². The predicted molar refractivity (Wildman–Crippen MR) is 252 cm³/mol. The molecule has 0 saturated carbocycles. The number of allylic oxidation sites excluding steroid dienone is 4. The van der Waals surface area contributed by atoms with Gasteiger partial charge in [0.2, 0.25) is 0 Å². The van der Waals surface area contributed by atoms with E-state index in [-0.39, 0.29) is 31.1 Å². The molecule has 0 amide bonds. The van der Waals surface area contributed by atoms with Gasteiger partial charge in [-0.25, -0.2) is 0 Å². The molecule has 0 fully saturated rings. The van der Waals surface area contributed by atoms with E-state index >= 15 is 0 Å². The molecule has 0 N–H and O–H groups in total. The van der Waals surface area contributed by atoms with Crippen LogP contribution in [0.2, 0.25) is 0 Å². The average molecular weight is 831 g/mol. The van der Waals surface area contributed by atoms with Crippen LogP contribution < -0.4 is 0 Å². The van der Waals surface area contributed by atoms with Crippen LogP contribution in [0.1, 0.15) is 278 Å². The summed E-state index contributed by atoms with van der Waals surface area (Å²) in [5.74, 6) is -0.869. The van der Waals surface area contributed by atoms with E-state index in [4.69, 9.17) is 14.2 Å². The number of rotatable bonds is 47. The fourth-order valence-electron chi connectivity index (χ4n) is 7.55. The maximum Gasteiger partial charge on any atom is 0.306 e. The first kappa shape index (κ1) is 56.9. The summed E-state index contributed by atoms with van der Waals surface area (Å²) >= 11 is 0. The molecule has 0 spiro atoms. The smallest absolute Gasteiger partial charge is 0.306 e. The third kappa shape index (κ3) is 46.8. The van der Waals surface area contributed by atoms with Crippen LogP contribution in [0.25, 0.3) is 0 Å². The molecule has 0 saturated heterocycles. The highest BCUT2D eigenvalue weighted by atomic mass is 16.6. The van der Waals surface area contributed by atoms with Crippen molar-refractivity contribution in [2.24, 2.45) is 0 Å². The van der Waals surface area contributed by atoms with Gasteiger partial charge in [0.25, 0.3) is 0 Å². The first-order valence-electron chi connectivity index (χ1n) is 25.9. The minimum absolute atomic E-state index is 0.0703. The number of ether oxygens (including phenoxy) is 3. The van der Waals surface area contributed by atoms with Crippen molar-refractivity contribution >= 4 is 17.9 Å². The Balaban J connectivity index is 4.34. The molecular weight excluding hydrogens is 733 g/mol. The molecule has 0 aromatic rings. The number of carbonyl (C=O) groups excluding carboxylic acids is 3. The lowest BCUT2D eigenvalue weighted by Gasteiger charge is -2.18. The molecule has 0 aromatic carbocycles. The molecule has 0 bridgehead atoms. The minimum atomic E-state index is -0.769. The molecule has 6 heteroatoms. The number of unbranched alkanes of at least 4 members (excludes halogenated alkanes) is 33. The van der Waals surface area contributed by atoms with Crippen LogP contribution in [0.5, 0.6) is 0 Å². The van der Waals surface area contributed by atoms with Crippen molar-refractivity contribution in [3.63, 3.8) is 0 Å². The van der Waals surface area contributed by atoms with Gasteiger partial charge in [0.15, 0.2) is 6.10 Å². The third-order valence-corrected chi connectivity index (χ3v) is 11.5. The number of carbonyl (C=O) groups is 3. The van der Waals surface area contributed by atoms with Crippen LogP contribution in [0.4, 0.5) is 0 Å². The molecule has 0 aliphatic heterocycles. The average Bonchev–Trinajstić information content (AvgIpc) is 3.23. The van der Waals surface area contributed by atoms with Gasteiger partial charge < -0.3 is 14.2 Å². The summed E-state index contributed by atoms with van der Waals surface area (Å²) in [5.41, 5.74) is 0. The van der Waals surface area contributed by atoms with Gasteiger partial charge in [0, 0.05) is 19.3 Å². The first-order chi connectivity index (χ1) is 29.0. The Morgan fingerprint density at radius 2 is 0.593 bits per heavy atom.